The summed E-state index contributed by atoms with van der Waals surface area (Å²) in [5.74, 6) is 0.616. The molecule has 1 heterocycles. The molecule has 4 rings (SSSR count). The van der Waals surface area contributed by atoms with Crippen molar-refractivity contribution in [3.8, 4) is 11.5 Å². The molecular weight excluding hydrogens is 473 g/mol. The van der Waals surface area contributed by atoms with Gasteiger partial charge in [-0.05, 0) is 55.6 Å². The maximum absolute atomic E-state index is 13.8. The van der Waals surface area contributed by atoms with Crippen molar-refractivity contribution >= 4 is 45.0 Å². The molecule has 0 aliphatic heterocycles. The van der Waals surface area contributed by atoms with E-state index < -0.39 is 0 Å². The number of nitrogens with zero attached hydrogens (tertiary/aromatic N) is 3. The van der Waals surface area contributed by atoms with Crippen LogP contribution in [0.1, 0.15) is 24.2 Å². The Morgan fingerprint density at radius 2 is 1.68 bits per heavy atom. The average Bonchev–Trinajstić information content (AvgIpc) is 3.25. The summed E-state index contributed by atoms with van der Waals surface area (Å²) < 4.78 is 20.5. The molecule has 4 aromatic rings. The molecule has 178 valence electrons. The monoisotopic (exact) mass is 499 g/mol. The normalized spacial score (nSPS) is 10.8. The summed E-state index contributed by atoms with van der Waals surface area (Å²) in [6.45, 7) is 7.13. The number of hydrogen-bond donors (Lipinski definition) is 0. The molecule has 0 aliphatic rings. The predicted molar refractivity (Wildman–Crippen MR) is 139 cm³/mol. The van der Waals surface area contributed by atoms with Crippen LogP contribution in [0.3, 0.4) is 0 Å². The summed E-state index contributed by atoms with van der Waals surface area (Å²) in [6, 6.07) is 21.1. The van der Waals surface area contributed by atoms with E-state index in [9.17, 15) is 9.18 Å². The third kappa shape index (κ3) is 5.91. The highest BCUT2D eigenvalue weighted by molar-refractivity contribution is 7.22. The molecule has 8 heteroatoms. The molecular formula is C26H27ClFN3O2S. The number of hydrogen-bond acceptors (Lipinski definition) is 5. The fourth-order valence-electron chi connectivity index (χ4n) is 3.56. The Bertz CT molecular complexity index is 1230. The second-order valence-corrected chi connectivity index (χ2v) is 8.51. The minimum atomic E-state index is -0.319. The summed E-state index contributed by atoms with van der Waals surface area (Å²) in [5, 5.41) is 0.544. The van der Waals surface area contributed by atoms with Gasteiger partial charge in [-0.2, -0.15) is 0 Å². The van der Waals surface area contributed by atoms with Gasteiger partial charge in [0.1, 0.15) is 17.3 Å². The number of carbonyl (C=O) groups excluding carboxylic acids is 1. The third-order valence-corrected chi connectivity index (χ3v) is 6.48. The van der Waals surface area contributed by atoms with Gasteiger partial charge >= 0.3 is 0 Å². The summed E-state index contributed by atoms with van der Waals surface area (Å²) in [7, 11) is 0. The molecule has 0 fully saturated rings. The van der Waals surface area contributed by atoms with Gasteiger partial charge in [-0.1, -0.05) is 55.5 Å². The second kappa shape index (κ2) is 11.9. The van der Waals surface area contributed by atoms with Crippen LogP contribution in [0.5, 0.6) is 11.5 Å². The lowest BCUT2D eigenvalue weighted by molar-refractivity contribution is 0.0981. The maximum Gasteiger partial charge on any atom is 0.263 e. The highest BCUT2D eigenvalue weighted by atomic mass is 35.5. The number of amides is 1. The highest BCUT2D eigenvalue weighted by Gasteiger charge is 2.25. The number of rotatable bonds is 9. The van der Waals surface area contributed by atoms with E-state index in [0.29, 0.717) is 45.5 Å². The van der Waals surface area contributed by atoms with Crippen LogP contribution in [0.15, 0.2) is 72.8 Å². The molecule has 1 aromatic heterocycles. The molecule has 5 nitrogen and oxygen atoms in total. The van der Waals surface area contributed by atoms with E-state index >= 15 is 0 Å². The van der Waals surface area contributed by atoms with Gasteiger partial charge in [0, 0.05) is 13.1 Å². The van der Waals surface area contributed by atoms with Gasteiger partial charge in [0.25, 0.3) is 5.91 Å². The predicted octanol–water partition coefficient (Wildman–Crippen LogP) is 6.64. The van der Waals surface area contributed by atoms with Crippen LogP contribution < -0.4 is 9.64 Å². The van der Waals surface area contributed by atoms with Crippen molar-refractivity contribution in [2.75, 3.05) is 31.1 Å². The molecule has 0 bridgehead atoms. The Morgan fingerprint density at radius 3 is 2.41 bits per heavy atom. The summed E-state index contributed by atoms with van der Waals surface area (Å²) in [5.41, 5.74) is 1.12. The van der Waals surface area contributed by atoms with Gasteiger partial charge < -0.3 is 9.64 Å². The fourth-order valence-corrected chi connectivity index (χ4v) is 4.58. The number of thiazole rings is 1. The summed E-state index contributed by atoms with van der Waals surface area (Å²) >= 11 is 1.31. The first-order chi connectivity index (χ1) is 16.1. The number of halogens is 2. The van der Waals surface area contributed by atoms with E-state index in [4.69, 9.17) is 4.74 Å². The first-order valence-corrected chi connectivity index (χ1v) is 11.8. The number of anilines is 1. The molecule has 0 N–H and O–H groups in total. The standard InChI is InChI=1S/C26H26FN3O2S.ClH/c1-3-29(4-2)16-17-30(26-28-22-15-14-19(27)18-24(22)33-26)25(31)21-12-8-9-13-23(21)32-20-10-6-5-7-11-20;/h5-15,18H,3-4,16-17H2,1-2H3;1H. The molecule has 0 aliphatic carbocycles. The van der Waals surface area contributed by atoms with E-state index in [2.05, 4.69) is 23.7 Å². The maximum atomic E-state index is 13.8. The molecule has 0 saturated carbocycles. The zero-order valence-electron chi connectivity index (χ0n) is 19.1. The first-order valence-electron chi connectivity index (χ1n) is 11.0. The molecule has 0 atom stereocenters. The van der Waals surface area contributed by atoms with E-state index in [0.717, 1.165) is 13.1 Å². The summed E-state index contributed by atoms with van der Waals surface area (Å²) in [6.07, 6.45) is 0. The molecule has 0 saturated heterocycles. The lowest BCUT2D eigenvalue weighted by Crippen LogP contribution is -2.39. The van der Waals surface area contributed by atoms with Gasteiger partial charge in [0.05, 0.1) is 15.8 Å². The van der Waals surface area contributed by atoms with Crippen molar-refractivity contribution < 1.29 is 13.9 Å². The van der Waals surface area contributed by atoms with Crippen molar-refractivity contribution in [1.82, 2.24) is 9.88 Å². The third-order valence-electron chi connectivity index (χ3n) is 5.44. The lowest BCUT2D eigenvalue weighted by Gasteiger charge is -2.25. The van der Waals surface area contributed by atoms with Crippen molar-refractivity contribution in [1.29, 1.82) is 0 Å². The number of carbonyl (C=O) groups is 1. The average molecular weight is 500 g/mol. The Labute approximate surface area is 209 Å². The number of para-hydroxylation sites is 2. The number of likely N-dealkylation sites (N-methyl/N-ethyl adjacent to an activating group) is 1. The van der Waals surface area contributed by atoms with Crippen molar-refractivity contribution in [2.45, 2.75) is 13.8 Å². The molecule has 1 amide bonds. The van der Waals surface area contributed by atoms with Crippen LogP contribution in [0.25, 0.3) is 10.2 Å². The smallest absolute Gasteiger partial charge is 0.263 e. The second-order valence-electron chi connectivity index (χ2n) is 7.50. The zero-order valence-corrected chi connectivity index (χ0v) is 20.7. The minimum absolute atomic E-state index is 0. The van der Waals surface area contributed by atoms with Gasteiger partial charge in [0.15, 0.2) is 5.13 Å². The molecule has 34 heavy (non-hydrogen) atoms. The van der Waals surface area contributed by atoms with Gasteiger partial charge in [0.2, 0.25) is 0 Å². The number of ether oxygens (including phenoxy) is 1. The van der Waals surface area contributed by atoms with Crippen molar-refractivity contribution in [3.05, 3.63) is 84.2 Å². The van der Waals surface area contributed by atoms with Gasteiger partial charge in [-0.15, -0.1) is 12.4 Å². The van der Waals surface area contributed by atoms with Crippen LogP contribution in [-0.4, -0.2) is 42.0 Å². The molecule has 0 unspecified atom stereocenters. The van der Waals surface area contributed by atoms with Gasteiger partial charge in [-0.25, -0.2) is 9.37 Å². The molecule has 3 aromatic carbocycles. The Hall–Kier alpha value is -3.00. The Kier molecular flexibility index (Phi) is 8.98. The van der Waals surface area contributed by atoms with Gasteiger partial charge in [-0.3, -0.25) is 9.69 Å². The molecule has 0 spiro atoms. The topological polar surface area (TPSA) is 45.7 Å². The lowest BCUT2D eigenvalue weighted by atomic mass is 10.1. The molecule has 0 radical (unpaired) electrons. The highest BCUT2D eigenvalue weighted by Crippen LogP contribution is 2.32. The Balaban J connectivity index is 0.00000324. The number of fused-ring (bicyclic) bond motifs is 1. The van der Waals surface area contributed by atoms with E-state index in [1.165, 1.54) is 23.5 Å². The van der Waals surface area contributed by atoms with Crippen LogP contribution in [0.4, 0.5) is 9.52 Å². The van der Waals surface area contributed by atoms with Crippen LogP contribution in [0, 0.1) is 5.82 Å². The number of benzene rings is 3. The minimum Gasteiger partial charge on any atom is -0.457 e. The van der Waals surface area contributed by atoms with E-state index in [-0.39, 0.29) is 24.1 Å². The summed E-state index contributed by atoms with van der Waals surface area (Å²) in [4.78, 5) is 22.4. The quantitative estimate of drug-likeness (QED) is 0.259. The van der Waals surface area contributed by atoms with E-state index in [1.54, 1.807) is 23.1 Å². The van der Waals surface area contributed by atoms with E-state index in [1.807, 2.05) is 42.5 Å². The largest absolute Gasteiger partial charge is 0.457 e. The van der Waals surface area contributed by atoms with Crippen molar-refractivity contribution in [2.24, 2.45) is 0 Å². The van der Waals surface area contributed by atoms with Crippen molar-refractivity contribution in [3.63, 3.8) is 0 Å². The van der Waals surface area contributed by atoms with Crippen LogP contribution in [0.2, 0.25) is 0 Å². The fraction of sp³-hybridized carbons (Fsp3) is 0.231. The van der Waals surface area contributed by atoms with Crippen LogP contribution in [-0.2, 0) is 0 Å². The first kappa shape index (κ1) is 25.6. The zero-order chi connectivity index (χ0) is 23.2. The Morgan fingerprint density at radius 1 is 0.971 bits per heavy atom. The SMILES string of the molecule is CCN(CC)CCN(C(=O)c1ccccc1Oc1ccccc1)c1nc2ccc(F)cc2s1.Cl. The number of aromatic nitrogens is 1. The van der Waals surface area contributed by atoms with Crippen LogP contribution >= 0.6 is 23.7 Å².